The van der Waals surface area contributed by atoms with E-state index in [1.165, 1.54) is 5.56 Å². The van der Waals surface area contributed by atoms with Gasteiger partial charge in [0.2, 0.25) is 0 Å². The van der Waals surface area contributed by atoms with Crippen molar-refractivity contribution >= 4 is 0 Å². The van der Waals surface area contributed by atoms with E-state index in [4.69, 9.17) is 4.74 Å². The van der Waals surface area contributed by atoms with E-state index in [0.29, 0.717) is 0 Å². The first-order valence-corrected chi connectivity index (χ1v) is 6.40. The van der Waals surface area contributed by atoms with Crippen LogP contribution in [-0.2, 0) is 0 Å². The van der Waals surface area contributed by atoms with Gasteiger partial charge < -0.3 is 10.1 Å². The highest BCUT2D eigenvalue weighted by Gasteiger charge is 2.18. The summed E-state index contributed by atoms with van der Waals surface area (Å²) >= 11 is 0. The zero-order valence-corrected chi connectivity index (χ0v) is 11.6. The molecule has 0 aliphatic heterocycles. The molecule has 0 saturated heterocycles. The molecule has 2 rings (SSSR count). The SMILES string of the molecule is CCNC(c1ccncn1)c1cc(C)ccc1OC. The van der Waals surface area contributed by atoms with Crippen LogP contribution in [0.4, 0.5) is 0 Å². The minimum absolute atomic E-state index is 0.0165. The smallest absolute Gasteiger partial charge is 0.124 e. The fourth-order valence-corrected chi connectivity index (χ4v) is 2.13. The summed E-state index contributed by atoms with van der Waals surface area (Å²) in [5.41, 5.74) is 3.25. The van der Waals surface area contributed by atoms with Crippen molar-refractivity contribution < 1.29 is 4.74 Å². The van der Waals surface area contributed by atoms with Crippen LogP contribution in [0.1, 0.15) is 29.8 Å². The molecule has 4 heteroatoms. The van der Waals surface area contributed by atoms with Crippen LogP contribution in [-0.4, -0.2) is 23.6 Å². The number of aromatic nitrogens is 2. The van der Waals surface area contributed by atoms with Crippen LogP contribution in [0.5, 0.6) is 5.75 Å². The Bertz CT molecular complexity index is 528. The summed E-state index contributed by atoms with van der Waals surface area (Å²) < 4.78 is 5.47. The lowest BCUT2D eigenvalue weighted by Crippen LogP contribution is -2.23. The fraction of sp³-hybridized carbons (Fsp3) is 0.333. The molecule has 1 aromatic heterocycles. The van der Waals surface area contributed by atoms with Gasteiger partial charge in [0.05, 0.1) is 18.8 Å². The van der Waals surface area contributed by atoms with E-state index < -0.39 is 0 Å². The van der Waals surface area contributed by atoms with Crippen molar-refractivity contribution in [3.63, 3.8) is 0 Å². The van der Waals surface area contributed by atoms with Gasteiger partial charge in [0, 0.05) is 11.8 Å². The normalized spacial score (nSPS) is 12.2. The molecular formula is C15H19N3O. The molecule has 0 aliphatic rings. The number of hydrogen-bond acceptors (Lipinski definition) is 4. The van der Waals surface area contributed by atoms with Gasteiger partial charge in [-0.05, 0) is 25.6 Å². The van der Waals surface area contributed by atoms with Crippen molar-refractivity contribution in [2.75, 3.05) is 13.7 Å². The van der Waals surface area contributed by atoms with Crippen molar-refractivity contribution in [3.8, 4) is 5.75 Å². The third kappa shape index (κ3) is 3.09. The molecule has 0 fully saturated rings. The molecule has 1 atom stereocenters. The van der Waals surface area contributed by atoms with Crippen LogP contribution in [0.3, 0.4) is 0 Å². The van der Waals surface area contributed by atoms with E-state index in [1.807, 2.05) is 18.2 Å². The first kappa shape index (κ1) is 13.5. The molecule has 1 N–H and O–H groups in total. The molecule has 0 spiro atoms. The van der Waals surface area contributed by atoms with Crippen molar-refractivity contribution in [1.82, 2.24) is 15.3 Å². The second-order valence-corrected chi connectivity index (χ2v) is 4.37. The molecule has 19 heavy (non-hydrogen) atoms. The van der Waals surface area contributed by atoms with E-state index in [-0.39, 0.29) is 6.04 Å². The van der Waals surface area contributed by atoms with Crippen LogP contribution in [0, 0.1) is 6.92 Å². The standard InChI is InChI=1S/C15H19N3O/c1-4-17-15(13-7-8-16-10-18-13)12-9-11(2)5-6-14(12)19-3/h5-10,15,17H,4H2,1-3H3. The Labute approximate surface area is 113 Å². The lowest BCUT2D eigenvalue weighted by molar-refractivity contribution is 0.403. The number of methoxy groups -OCH3 is 1. The van der Waals surface area contributed by atoms with Crippen molar-refractivity contribution in [3.05, 3.63) is 53.6 Å². The third-order valence-electron chi connectivity index (χ3n) is 3.01. The van der Waals surface area contributed by atoms with Crippen molar-refractivity contribution in [2.24, 2.45) is 0 Å². The summed E-state index contributed by atoms with van der Waals surface area (Å²) in [6.45, 7) is 5.01. The van der Waals surface area contributed by atoms with Crippen LogP contribution < -0.4 is 10.1 Å². The summed E-state index contributed by atoms with van der Waals surface area (Å²) in [6, 6.07) is 8.12. The van der Waals surface area contributed by atoms with Gasteiger partial charge in [0.25, 0.3) is 0 Å². The Morgan fingerprint density at radius 1 is 1.32 bits per heavy atom. The lowest BCUT2D eigenvalue weighted by atomic mass is 10.00. The lowest BCUT2D eigenvalue weighted by Gasteiger charge is -2.20. The van der Waals surface area contributed by atoms with Crippen LogP contribution in [0.2, 0.25) is 0 Å². The van der Waals surface area contributed by atoms with E-state index >= 15 is 0 Å². The minimum atomic E-state index is 0.0165. The largest absolute Gasteiger partial charge is 0.496 e. The van der Waals surface area contributed by atoms with Gasteiger partial charge in [-0.2, -0.15) is 0 Å². The number of ether oxygens (including phenoxy) is 1. The van der Waals surface area contributed by atoms with Gasteiger partial charge in [0.15, 0.2) is 0 Å². The van der Waals surface area contributed by atoms with Crippen LogP contribution >= 0.6 is 0 Å². The monoisotopic (exact) mass is 257 g/mol. The summed E-state index contributed by atoms with van der Waals surface area (Å²) in [6.07, 6.45) is 3.33. The van der Waals surface area contributed by atoms with E-state index in [0.717, 1.165) is 23.6 Å². The predicted molar refractivity (Wildman–Crippen MR) is 75.3 cm³/mol. The summed E-state index contributed by atoms with van der Waals surface area (Å²) in [5.74, 6) is 0.871. The Kier molecular flexibility index (Phi) is 4.47. The molecule has 1 unspecified atom stereocenters. The van der Waals surface area contributed by atoms with Gasteiger partial charge >= 0.3 is 0 Å². The fourth-order valence-electron chi connectivity index (χ4n) is 2.13. The predicted octanol–water partition coefficient (Wildman–Crippen LogP) is 2.49. The Balaban J connectivity index is 2.47. The molecule has 0 amide bonds. The summed E-state index contributed by atoms with van der Waals surface area (Å²) in [5, 5.41) is 3.45. The van der Waals surface area contributed by atoms with E-state index in [9.17, 15) is 0 Å². The van der Waals surface area contributed by atoms with Crippen LogP contribution in [0.15, 0.2) is 36.8 Å². The van der Waals surface area contributed by atoms with Gasteiger partial charge in [-0.15, -0.1) is 0 Å². The highest BCUT2D eigenvalue weighted by molar-refractivity contribution is 5.42. The highest BCUT2D eigenvalue weighted by atomic mass is 16.5. The second kappa shape index (κ2) is 6.29. The molecule has 4 nitrogen and oxygen atoms in total. The number of aryl methyl sites for hydroxylation is 1. The molecule has 100 valence electrons. The van der Waals surface area contributed by atoms with Gasteiger partial charge in [0.1, 0.15) is 12.1 Å². The topological polar surface area (TPSA) is 47.0 Å². The molecule has 0 bridgehead atoms. The molecule has 1 aromatic carbocycles. The van der Waals surface area contributed by atoms with E-state index in [2.05, 4.69) is 35.2 Å². The van der Waals surface area contributed by atoms with Crippen LogP contribution in [0.25, 0.3) is 0 Å². The molecule has 2 aromatic rings. The zero-order chi connectivity index (χ0) is 13.7. The highest BCUT2D eigenvalue weighted by Crippen LogP contribution is 2.29. The first-order chi connectivity index (χ1) is 9.26. The summed E-state index contributed by atoms with van der Waals surface area (Å²) in [7, 11) is 1.69. The molecular weight excluding hydrogens is 238 g/mol. The quantitative estimate of drug-likeness (QED) is 0.894. The maximum Gasteiger partial charge on any atom is 0.124 e. The van der Waals surface area contributed by atoms with Gasteiger partial charge in [-0.3, -0.25) is 0 Å². The molecule has 0 aliphatic carbocycles. The zero-order valence-electron chi connectivity index (χ0n) is 11.6. The number of nitrogens with zero attached hydrogens (tertiary/aromatic N) is 2. The Morgan fingerprint density at radius 2 is 2.16 bits per heavy atom. The number of hydrogen-bond donors (Lipinski definition) is 1. The minimum Gasteiger partial charge on any atom is -0.496 e. The first-order valence-electron chi connectivity index (χ1n) is 6.40. The van der Waals surface area contributed by atoms with Gasteiger partial charge in [-0.1, -0.05) is 24.6 Å². The third-order valence-corrected chi connectivity index (χ3v) is 3.01. The van der Waals surface area contributed by atoms with Gasteiger partial charge in [-0.25, -0.2) is 9.97 Å². The van der Waals surface area contributed by atoms with E-state index in [1.54, 1.807) is 19.6 Å². The maximum absolute atomic E-state index is 5.47. The average Bonchev–Trinajstić information content (AvgIpc) is 2.45. The molecule has 0 radical (unpaired) electrons. The maximum atomic E-state index is 5.47. The number of rotatable bonds is 5. The molecule has 1 heterocycles. The van der Waals surface area contributed by atoms with Crippen molar-refractivity contribution in [1.29, 1.82) is 0 Å². The number of nitrogens with one attached hydrogen (secondary N) is 1. The molecule has 0 saturated carbocycles. The van der Waals surface area contributed by atoms with Crippen molar-refractivity contribution in [2.45, 2.75) is 19.9 Å². The Hall–Kier alpha value is -1.94. The average molecular weight is 257 g/mol. The second-order valence-electron chi connectivity index (χ2n) is 4.37. The number of benzene rings is 1. The Morgan fingerprint density at radius 3 is 2.79 bits per heavy atom. The summed E-state index contributed by atoms with van der Waals surface area (Å²) in [4.78, 5) is 8.32.